The van der Waals surface area contributed by atoms with Crippen molar-refractivity contribution in [3.05, 3.63) is 52.5 Å². The van der Waals surface area contributed by atoms with Crippen LogP contribution in [0.3, 0.4) is 0 Å². The van der Waals surface area contributed by atoms with Crippen LogP contribution in [0.5, 0.6) is 11.5 Å². The predicted octanol–water partition coefficient (Wildman–Crippen LogP) is 3.31. The van der Waals surface area contributed by atoms with Crippen LogP contribution in [0.2, 0.25) is 5.02 Å². The summed E-state index contributed by atoms with van der Waals surface area (Å²) in [5.41, 5.74) is 0.251. The summed E-state index contributed by atoms with van der Waals surface area (Å²) in [6, 6.07) is 8.91. The van der Waals surface area contributed by atoms with Gasteiger partial charge in [-0.3, -0.25) is 4.79 Å². The third kappa shape index (κ3) is 3.54. The smallest absolute Gasteiger partial charge is 0.336 e. The van der Waals surface area contributed by atoms with Crippen molar-refractivity contribution in [1.29, 1.82) is 0 Å². The van der Waals surface area contributed by atoms with Gasteiger partial charge >= 0.3 is 5.97 Å². The third-order valence-corrected chi connectivity index (χ3v) is 3.42. The number of carbonyl (C=O) groups excluding carboxylic acids is 1. The molecule has 0 aliphatic heterocycles. The minimum atomic E-state index is -1.18. The minimum absolute atomic E-state index is 0.0361. The Kier molecular flexibility index (Phi) is 5.08. The molecule has 0 saturated heterocycles. The predicted molar refractivity (Wildman–Crippen MR) is 85.9 cm³/mol. The lowest BCUT2D eigenvalue weighted by Gasteiger charge is -2.13. The Balaban J connectivity index is 2.38. The van der Waals surface area contributed by atoms with Gasteiger partial charge in [-0.15, -0.1) is 0 Å². The Morgan fingerprint density at radius 3 is 2.22 bits per heavy atom. The zero-order chi connectivity index (χ0) is 17.0. The number of nitrogens with one attached hydrogen (secondary N) is 1. The van der Waals surface area contributed by atoms with Crippen LogP contribution in [-0.2, 0) is 0 Å². The Morgan fingerprint density at radius 2 is 1.65 bits per heavy atom. The number of hydrogen-bond acceptors (Lipinski definition) is 4. The fourth-order valence-corrected chi connectivity index (χ4v) is 2.26. The number of hydrogen-bond donors (Lipinski definition) is 2. The van der Waals surface area contributed by atoms with Crippen molar-refractivity contribution in [2.24, 2.45) is 0 Å². The molecule has 2 rings (SSSR count). The summed E-state index contributed by atoms with van der Waals surface area (Å²) in [5, 5.41) is 12.0. The summed E-state index contributed by atoms with van der Waals surface area (Å²) in [4.78, 5) is 23.6. The fourth-order valence-electron chi connectivity index (χ4n) is 2.01. The number of anilines is 1. The van der Waals surface area contributed by atoms with Crippen molar-refractivity contribution in [3.63, 3.8) is 0 Å². The fraction of sp³-hybridized carbons (Fsp3) is 0.125. The molecule has 0 saturated carbocycles. The number of carboxylic acids is 1. The number of rotatable bonds is 5. The maximum Gasteiger partial charge on any atom is 0.336 e. The average molecular weight is 336 g/mol. The van der Waals surface area contributed by atoms with Crippen LogP contribution < -0.4 is 14.8 Å². The van der Waals surface area contributed by atoms with Gasteiger partial charge in [0.05, 0.1) is 36.1 Å². The molecule has 7 heteroatoms. The van der Waals surface area contributed by atoms with Gasteiger partial charge in [0, 0.05) is 6.07 Å². The average Bonchev–Trinajstić information content (AvgIpc) is 2.55. The van der Waals surface area contributed by atoms with Gasteiger partial charge in [0.15, 0.2) is 0 Å². The molecule has 2 aromatic rings. The Hall–Kier alpha value is -2.73. The Morgan fingerprint density at radius 1 is 1.04 bits per heavy atom. The van der Waals surface area contributed by atoms with Crippen molar-refractivity contribution in [3.8, 4) is 11.5 Å². The van der Waals surface area contributed by atoms with Gasteiger partial charge in [0.25, 0.3) is 5.91 Å². The summed E-state index contributed by atoms with van der Waals surface area (Å²) in [6.07, 6.45) is 0. The van der Waals surface area contributed by atoms with Crippen LogP contribution in [0.4, 0.5) is 5.69 Å². The van der Waals surface area contributed by atoms with E-state index in [1.807, 2.05) is 0 Å². The zero-order valence-electron chi connectivity index (χ0n) is 12.4. The maximum atomic E-state index is 12.4. The van der Waals surface area contributed by atoms with Crippen molar-refractivity contribution < 1.29 is 24.2 Å². The SMILES string of the molecule is COc1cc(OC)c(NC(=O)c2ccccc2C(=O)O)cc1Cl. The largest absolute Gasteiger partial charge is 0.495 e. The highest BCUT2D eigenvalue weighted by Crippen LogP contribution is 2.36. The lowest BCUT2D eigenvalue weighted by Crippen LogP contribution is -2.16. The first kappa shape index (κ1) is 16.6. The van der Waals surface area contributed by atoms with E-state index in [4.69, 9.17) is 26.2 Å². The van der Waals surface area contributed by atoms with Crippen molar-refractivity contribution in [2.45, 2.75) is 0 Å². The van der Waals surface area contributed by atoms with Crippen LogP contribution in [0.1, 0.15) is 20.7 Å². The Bertz CT molecular complexity index is 760. The molecular weight excluding hydrogens is 322 g/mol. The first-order valence-electron chi connectivity index (χ1n) is 6.53. The van der Waals surface area contributed by atoms with Crippen LogP contribution in [0.25, 0.3) is 0 Å². The van der Waals surface area contributed by atoms with Crippen molar-refractivity contribution in [2.75, 3.05) is 19.5 Å². The minimum Gasteiger partial charge on any atom is -0.495 e. The highest BCUT2D eigenvalue weighted by atomic mass is 35.5. The number of aromatic carboxylic acids is 1. The highest BCUT2D eigenvalue weighted by molar-refractivity contribution is 6.32. The van der Waals surface area contributed by atoms with Gasteiger partial charge in [-0.1, -0.05) is 23.7 Å². The molecule has 0 unspecified atom stereocenters. The first-order chi connectivity index (χ1) is 11.0. The molecule has 120 valence electrons. The molecule has 0 atom stereocenters. The lowest BCUT2D eigenvalue weighted by molar-refractivity contribution is 0.0692. The molecule has 0 spiro atoms. The summed E-state index contributed by atoms with van der Waals surface area (Å²) >= 11 is 6.04. The molecule has 2 N–H and O–H groups in total. The van der Waals surface area contributed by atoms with E-state index in [-0.39, 0.29) is 16.1 Å². The van der Waals surface area contributed by atoms with E-state index in [9.17, 15) is 9.59 Å². The standard InChI is InChI=1S/C16H14ClNO5/c1-22-13-8-14(23-2)12(7-11(13)17)18-15(19)9-5-3-4-6-10(9)16(20)21/h3-8H,1-2H3,(H,18,19)(H,20,21). The third-order valence-electron chi connectivity index (χ3n) is 3.12. The van der Waals surface area contributed by atoms with Gasteiger partial charge in [-0.25, -0.2) is 4.79 Å². The van der Waals surface area contributed by atoms with Crippen LogP contribution in [0.15, 0.2) is 36.4 Å². The number of benzene rings is 2. The topological polar surface area (TPSA) is 84.9 Å². The second kappa shape index (κ2) is 7.02. The molecule has 0 aliphatic carbocycles. The maximum absolute atomic E-state index is 12.4. The van der Waals surface area contributed by atoms with E-state index >= 15 is 0 Å². The second-order valence-corrected chi connectivity index (χ2v) is 4.90. The molecule has 6 nitrogen and oxygen atoms in total. The molecule has 0 fully saturated rings. The van der Waals surface area contributed by atoms with E-state index < -0.39 is 11.9 Å². The second-order valence-electron chi connectivity index (χ2n) is 4.49. The molecule has 23 heavy (non-hydrogen) atoms. The van der Waals surface area contributed by atoms with Crippen LogP contribution in [0, 0.1) is 0 Å². The van der Waals surface area contributed by atoms with E-state index in [0.29, 0.717) is 17.2 Å². The van der Waals surface area contributed by atoms with Gasteiger partial charge in [0.1, 0.15) is 11.5 Å². The molecule has 0 radical (unpaired) electrons. The number of methoxy groups -OCH3 is 2. The van der Waals surface area contributed by atoms with Crippen molar-refractivity contribution in [1.82, 2.24) is 0 Å². The number of ether oxygens (including phenoxy) is 2. The molecule has 0 heterocycles. The van der Waals surface area contributed by atoms with Gasteiger partial charge in [-0.2, -0.15) is 0 Å². The number of carboxylic acid groups (broad SMARTS) is 1. The number of carbonyl (C=O) groups is 2. The quantitative estimate of drug-likeness (QED) is 0.875. The lowest BCUT2D eigenvalue weighted by atomic mass is 10.1. The van der Waals surface area contributed by atoms with Gasteiger partial charge < -0.3 is 19.9 Å². The molecule has 0 bridgehead atoms. The van der Waals surface area contributed by atoms with Crippen LogP contribution in [-0.4, -0.2) is 31.2 Å². The van der Waals surface area contributed by atoms with E-state index in [2.05, 4.69) is 5.32 Å². The molecular formula is C16H14ClNO5. The monoisotopic (exact) mass is 335 g/mol. The summed E-state index contributed by atoms with van der Waals surface area (Å²) in [5.74, 6) is -1.03. The summed E-state index contributed by atoms with van der Waals surface area (Å²) in [7, 11) is 2.89. The molecule has 0 aromatic heterocycles. The van der Waals surface area contributed by atoms with E-state index in [1.54, 1.807) is 12.1 Å². The zero-order valence-corrected chi connectivity index (χ0v) is 13.2. The van der Waals surface area contributed by atoms with Gasteiger partial charge in [-0.05, 0) is 18.2 Å². The molecule has 2 aromatic carbocycles. The molecule has 0 aliphatic rings. The number of amides is 1. The van der Waals surface area contributed by atoms with Crippen molar-refractivity contribution >= 4 is 29.2 Å². The van der Waals surface area contributed by atoms with Gasteiger partial charge in [0.2, 0.25) is 0 Å². The van der Waals surface area contributed by atoms with E-state index in [0.717, 1.165) is 0 Å². The summed E-state index contributed by atoms with van der Waals surface area (Å²) in [6.45, 7) is 0. The first-order valence-corrected chi connectivity index (χ1v) is 6.91. The normalized spacial score (nSPS) is 10.0. The van der Waals surface area contributed by atoms with E-state index in [1.165, 1.54) is 38.5 Å². The summed E-state index contributed by atoms with van der Waals surface area (Å²) < 4.78 is 10.3. The Labute approximate surface area is 137 Å². The molecule has 1 amide bonds. The number of halogens is 1. The highest BCUT2D eigenvalue weighted by Gasteiger charge is 2.18. The van der Waals surface area contributed by atoms with Crippen LogP contribution >= 0.6 is 11.6 Å².